The van der Waals surface area contributed by atoms with Crippen LogP contribution in [0.3, 0.4) is 0 Å². The first kappa shape index (κ1) is 17.8. The van der Waals surface area contributed by atoms with Crippen molar-refractivity contribution in [1.82, 2.24) is 10.4 Å². The van der Waals surface area contributed by atoms with Crippen LogP contribution in [0.1, 0.15) is 44.2 Å². The standard InChI is InChI=1S/C17H23F3N2O/c1-12-7-9-13(10-8-12)5-4-6-14(17(18,19)20)22-16(2,3)11-15(23)21-22/h7-10,14H,4-6,11H2,1-3H3,(H,21,23)/t14-/m0/s1. The molecule has 1 aromatic rings. The lowest BCUT2D eigenvalue weighted by atomic mass is 9.97. The van der Waals surface area contributed by atoms with E-state index >= 15 is 0 Å². The summed E-state index contributed by atoms with van der Waals surface area (Å²) in [5, 5.41) is 1.09. The molecule has 1 heterocycles. The number of carbonyl (C=O) groups is 1. The number of nitrogens with zero attached hydrogens (tertiary/aromatic N) is 1. The zero-order valence-electron chi connectivity index (χ0n) is 13.7. The van der Waals surface area contributed by atoms with Crippen molar-refractivity contribution in [2.45, 2.75) is 64.2 Å². The number of carbonyl (C=O) groups excluding carboxylic acids is 1. The Bertz CT molecular complexity index is 552. The molecule has 23 heavy (non-hydrogen) atoms. The zero-order valence-corrected chi connectivity index (χ0v) is 13.7. The van der Waals surface area contributed by atoms with Crippen LogP contribution in [0.15, 0.2) is 24.3 Å². The van der Waals surface area contributed by atoms with Crippen LogP contribution < -0.4 is 5.43 Å². The summed E-state index contributed by atoms with van der Waals surface area (Å²) < 4.78 is 40.3. The van der Waals surface area contributed by atoms with Gasteiger partial charge in [0.2, 0.25) is 5.91 Å². The van der Waals surface area contributed by atoms with Gasteiger partial charge in [0.25, 0.3) is 0 Å². The molecule has 0 spiro atoms. The minimum absolute atomic E-state index is 0.0406. The van der Waals surface area contributed by atoms with Gasteiger partial charge in [0.05, 0.1) is 0 Å². The number of benzene rings is 1. The largest absolute Gasteiger partial charge is 0.405 e. The molecule has 0 bridgehead atoms. The third kappa shape index (κ3) is 4.47. The summed E-state index contributed by atoms with van der Waals surface area (Å²) in [5.41, 5.74) is 3.71. The van der Waals surface area contributed by atoms with E-state index in [1.807, 2.05) is 31.2 Å². The van der Waals surface area contributed by atoms with Crippen LogP contribution >= 0.6 is 0 Å². The minimum Gasteiger partial charge on any atom is -0.288 e. The van der Waals surface area contributed by atoms with Crippen molar-refractivity contribution in [1.29, 1.82) is 0 Å². The quantitative estimate of drug-likeness (QED) is 0.892. The fourth-order valence-electron chi connectivity index (χ4n) is 3.00. The van der Waals surface area contributed by atoms with Crippen molar-refractivity contribution in [3.63, 3.8) is 0 Å². The predicted octanol–water partition coefficient (Wildman–Crippen LogP) is 3.76. The summed E-state index contributed by atoms with van der Waals surface area (Å²) in [7, 11) is 0. The molecule has 1 fully saturated rings. The third-order valence-electron chi connectivity index (χ3n) is 4.24. The Morgan fingerprint density at radius 3 is 2.35 bits per heavy atom. The molecule has 0 radical (unpaired) electrons. The topological polar surface area (TPSA) is 32.3 Å². The maximum atomic E-state index is 13.4. The van der Waals surface area contributed by atoms with Crippen LogP contribution in [0, 0.1) is 6.92 Å². The van der Waals surface area contributed by atoms with Crippen molar-refractivity contribution < 1.29 is 18.0 Å². The Labute approximate surface area is 134 Å². The van der Waals surface area contributed by atoms with Crippen molar-refractivity contribution in [3.05, 3.63) is 35.4 Å². The first-order chi connectivity index (χ1) is 10.6. The van der Waals surface area contributed by atoms with Gasteiger partial charge in [0.15, 0.2) is 0 Å². The highest BCUT2D eigenvalue weighted by molar-refractivity contribution is 5.78. The second-order valence-electron chi connectivity index (χ2n) is 6.83. The van der Waals surface area contributed by atoms with Crippen LogP contribution in [0.5, 0.6) is 0 Å². The number of rotatable bonds is 5. The van der Waals surface area contributed by atoms with Crippen LogP contribution in [0.25, 0.3) is 0 Å². The Kier molecular flexibility index (Phi) is 5.04. The van der Waals surface area contributed by atoms with E-state index in [1.165, 1.54) is 0 Å². The summed E-state index contributed by atoms with van der Waals surface area (Å²) in [6.45, 7) is 5.29. The summed E-state index contributed by atoms with van der Waals surface area (Å²) in [6.07, 6.45) is -3.33. The Hall–Kier alpha value is -1.56. The molecule has 1 aromatic carbocycles. The summed E-state index contributed by atoms with van der Waals surface area (Å²) in [4.78, 5) is 11.5. The van der Waals surface area contributed by atoms with Gasteiger partial charge in [-0.15, -0.1) is 0 Å². The van der Waals surface area contributed by atoms with Crippen LogP contribution in [0.4, 0.5) is 13.2 Å². The Balaban J connectivity index is 2.02. The number of halogens is 3. The van der Waals surface area contributed by atoms with Crippen molar-refractivity contribution >= 4 is 5.91 Å². The van der Waals surface area contributed by atoms with Crippen LogP contribution in [-0.2, 0) is 11.2 Å². The van der Waals surface area contributed by atoms with E-state index < -0.39 is 17.8 Å². The molecule has 1 N–H and O–H groups in total. The van der Waals surface area contributed by atoms with E-state index in [4.69, 9.17) is 0 Å². The highest BCUT2D eigenvalue weighted by Crippen LogP contribution is 2.35. The Morgan fingerprint density at radius 2 is 1.87 bits per heavy atom. The Morgan fingerprint density at radius 1 is 1.26 bits per heavy atom. The molecule has 128 valence electrons. The second kappa shape index (κ2) is 6.51. The predicted molar refractivity (Wildman–Crippen MR) is 82.6 cm³/mol. The highest BCUT2D eigenvalue weighted by Gasteiger charge is 2.51. The monoisotopic (exact) mass is 328 g/mol. The van der Waals surface area contributed by atoms with E-state index in [0.717, 1.165) is 16.1 Å². The van der Waals surface area contributed by atoms with Gasteiger partial charge < -0.3 is 0 Å². The van der Waals surface area contributed by atoms with E-state index in [9.17, 15) is 18.0 Å². The first-order valence-corrected chi connectivity index (χ1v) is 7.81. The summed E-state index contributed by atoms with van der Waals surface area (Å²) in [6, 6.07) is 6.15. The van der Waals surface area contributed by atoms with Gasteiger partial charge in [-0.3, -0.25) is 10.2 Å². The average Bonchev–Trinajstić information content (AvgIpc) is 2.68. The van der Waals surface area contributed by atoms with E-state index in [-0.39, 0.29) is 18.7 Å². The SMILES string of the molecule is Cc1ccc(CCC[C@H](N2NC(=O)CC2(C)C)C(F)(F)F)cc1. The lowest BCUT2D eigenvalue weighted by Crippen LogP contribution is -2.56. The van der Waals surface area contributed by atoms with E-state index in [0.29, 0.717) is 12.8 Å². The zero-order chi connectivity index (χ0) is 17.3. The molecule has 2 rings (SSSR count). The number of hydrogen-bond acceptors (Lipinski definition) is 2. The van der Waals surface area contributed by atoms with Crippen molar-refractivity contribution in [2.75, 3.05) is 0 Å². The highest BCUT2D eigenvalue weighted by atomic mass is 19.4. The van der Waals surface area contributed by atoms with E-state index in [2.05, 4.69) is 5.43 Å². The van der Waals surface area contributed by atoms with Gasteiger partial charge in [-0.2, -0.15) is 13.2 Å². The molecular weight excluding hydrogens is 305 g/mol. The molecule has 6 heteroatoms. The van der Waals surface area contributed by atoms with Gasteiger partial charge in [-0.1, -0.05) is 29.8 Å². The summed E-state index contributed by atoms with van der Waals surface area (Å²) in [5.74, 6) is -0.359. The average molecular weight is 328 g/mol. The van der Waals surface area contributed by atoms with Crippen molar-refractivity contribution in [3.8, 4) is 0 Å². The number of amides is 1. The minimum atomic E-state index is -4.37. The van der Waals surface area contributed by atoms with Gasteiger partial charge in [-0.05, 0) is 45.6 Å². The first-order valence-electron chi connectivity index (χ1n) is 7.81. The lowest BCUT2D eigenvalue weighted by molar-refractivity contribution is -0.202. The molecule has 3 nitrogen and oxygen atoms in total. The molecule has 0 unspecified atom stereocenters. The van der Waals surface area contributed by atoms with E-state index in [1.54, 1.807) is 13.8 Å². The molecule has 1 saturated heterocycles. The third-order valence-corrected chi connectivity index (χ3v) is 4.24. The van der Waals surface area contributed by atoms with Gasteiger partial charge in [0, 0.05) is 12.0 Å². The van der Waals surface area contributed by atoms with Gasteiger partial charge >= 0.3 is 6.18 Å². The number of hydrazine groups is 1. The number of alkyl halides is 3. The second-order valence-corrected chi connectivity index (χ2v) is 6.83. The number of aryl methyl sites for hydroxylation is 2. The van der Waals surface area contributed by atoms with Crippen LogP contribution in [0.2, 0.25) is 0 Å². The maximum Gasteiger partial charge on any atom is 0.405 e. The molecule has 1 amide bonds. The fourth-order valence-corrected chi connectivity index (χ4v) is 3.00. The molecule has 1 aliphatic heterocycles. The molecule has 0 aromatic heterocycles. The normalized spacial score (nSPS) is 19.7. The maximum absolute atomic E-state index is 13.4. The molecule has 1 aliphatic rings. The van der Waals surface area contributed by atoms with Crippen LogP contribution in [-0.4, -0.2) is 28.7 Å². The lowest BCUT2D eigenvalue weighted by Gasteiger charge is -2.37. The molecular formula is C17H23F3N2O. The molecule has 0 saturated carbocycles. The van der Waals surface area contributed by atoms with Gasteiger partial charge in [-0.25, -0.2) is 5.01 Å². The summed E-state index contributed by atoms with van der Waals surface area (Å²) >= 11 is 0. The smallest absolute Gasteiger partial charge is 0.288 e. The van der Waals surface area contributed by atoms with Gasteiger partial charge in [0.1, 0.15) is 6.04 Å². The number of hydrogen-bond donors (Lipinski definition) is 1. The molecule has 0 aliphatic carbocycles. The van der Waals surface area contributed by atoms with Crippen molar-refractivity contribution in [2.24, 2.45) is 0 Å². The molecule has 1 atom stereocenters. The fraction of sp³-hybridized carbons (Fsp3) is 0.588. The number of nitrogens with one attached hydrogen (secondary N) is 1.